The molecule has 4 rings (SSSR count). The first-order valence-electron chi connectivity index (χ1n) is 9.49. The Morgan fingerprint density at radius 1 is 1.28 bits per heavy atom. The summed E-state index contributed by atoms with van der Waals surface area (Å²) in [5, 5.41) is 7.39. The van der Waals surface area contributed by atoms with Crippen LogP contribution in [0.1, 0.15) is 46.1 Å². The predicted octanol–water partition coefficient (Wildman–Crippen LogP) is 4.03. The number of rotatable bonds is 5. The molecule has 1 aliphatic carbocycles. The number of benzene rings is 2. The first kappa shape index (κ1) is 19.1. The van der Waals surface area contributed by atoms with Gasteiger partial charge in [-0.1, -0.05) is 18.2 Å². The maximum Gasteiger partial charge on any atom is 0.254 e. The highest BCUT2D eigenvalue weighted by atomic mass is 19.1. The average Bonchev–Trinajstić information content (AvgIpc) is 3.12. The number of methoxy groups -OCH3 is 1. The highest BCUT2D eigenvalue weighted by Gasteiger charge is 2.27. The van der Waals surface area contributed by atoms with Gasteiger partial charge in [-0.2, -0.15) is 5.10 Å². The molecule has 0 spiro atoms. The highest BCUT2D eigenvalue weighted by molar-refractivity contribution is 5.94. The number of nitrogens with one attached hydrogen (secondary N) is 1. The molecule has 7 heteroatoms. The molecule has 1 atom stereocenters. The second kappa shape index (κ2) is 8.03. The van der Waals surface area contributed by atoms with E-state index in [1.165, 1.54) is 0 Å². The van der Waals surface area contributed by atoms with Crippen molar-refractivity contribution in [3.05, 3.63) is 82.7 Å². The number of fused-ring (bicyclic) bond motifs is 1. The van der Waals surface area contributed by atoms with Crippen LogP contribution in [0, 0.1) is 11.6 Å². The first-order valence-corrected chi connectivity index (χ1v) is 9.49. The van der Waals surface area contributed by atoms with Gasteiger partial charge >= 0.3 is 0 Å². The summed E-state index contributed by atoms with van der Waals surface area (Å²) in [6, 6.07) is 10.5. The van der Waals surface area contributed by atoms with Gasteiger partial charge in [-0.15, -0.1) is 0 Å². The van der Waals surface area contributed by atoms with Crippen molar-refractivity contribution in [3.8, 4) is 5.75 Å². The number of hydrogen-bond donors (Lipinski definition) is 1. The number of aromatic nitrogens is 2. The van der Waals surface area contributed by atoms with Gasteiger partial charge in [0.15, 0.2) is 0 Å². The summed E-state index contributed by atoms with van der Waals surface area (Å²) in [4.78, 5) is 12.5. The number of carbonyl (C=O) groups excluding carboxylic acids is 1. The maximum atomic E-state index is 13.9. The van der Waals surface area contributed by atoms with Gasteiger partial charge in [0.05, 0.1) is 31.5 Å². The number of carbonyl (C=O) groups is 1. The molecule has 150 valence electrons. The Kier molecular flexibility index (Phi) is 5.29. The van der Waals surface area contributed by atoms with Crippen LogP contribution in [0.2, 0.25) is 0 Å². The van der Waals surface area contributed by atoms with Gasteiger partial charge in [0.1, 0.15) is 17.4 Å². The maximum absolute atomic E-state index is 13.9. The molecule has 1 aliphatic rings. The van der Waals surface area contributed by atoms with E-state index in [0.717, 1.165) is 54.0 Å². The minimum atomic E-state index is -0.870. The van der Waals surface area contributed by atoms with Crippen molar-refractivity contribution in [2.75, 3.05) is 7.11 Å². The molecular weight excluding hydrogens is 376 g/mol. The molecular formula is C22H21F2N3O2. The van der Waals surface area contributed by atoms with Crippen molar-refractivity contribution in [2.45, 2.75) is 31.8 Å². The summed E-state index contributed by atoms with van der Waals surface area (Å²) in [6.07, 6.45) is 4.22. The Labute approximate surface area is 167 Å². The van der Waals surface area contributed by atoms with Crippen molar-refractivity contribution >= 4 is 5.91 Å². The predicted molar refractivity (Wildman–Crippen MR) is 104 cm³/mol. The smallest absolute Gasteiger partial charge is 0.254 e. The lowest BCUT2D eigenvalue weighted by Crippen LogP contribution is -2.31. The quantitative estimate of drug-likeness (QED) is 0.707. The summed E-state index contributed by atoms with van der Waals surface area (Å²) in [5.74, 6) is -1.34. The molecule has 3 aromatic rings. The summed E-state index contributed by atoms with van der Waals surface area (Å²) < 4.78 is 34.4. The lowest BCUT2D eigenvalue weighted by molar-refractivity contribution is 0.0928. The standard InChI is InChI=1S/C22H21F2N3O2/c1-29-21-8-3-2-5-14(21)13-27-20-7-4-6-19(17(20)12-25-27)26-22(28)16-10-9-15(23)11-18(16)24/h2-3,5,8-12,19H,4,6-7,13H2,1H3,(H,26,28)/t19-/m1/s1. The number of hydrogen-bond acceptors (Lipinski definition) is 3. The van der Waals surface area contributed by atoms with Crippen molar-refractivity contribution in [1.82, 2.24) is 15.1 Å². The van der Waals surface area contributed by atoms with E-state index in [1.807, 2.05) is 28.9 Å². The highest BCUT2D eigenvalue weighted by Crippen LogP contribution is 2.31. The minimum Gasteiger partial charge on any atom is -0.496 e. The van der Waals surface area contributed by atoms with Crippen molar-refractivity contribution < 1.29 is 18.3 Å². The molecule has 29 heavy (non-hydrogen) atoms. The second-order valence-corrected chi connectivity index (χ2v) is 7.06. The SMILES string of the molecule is COc1ccccc1Cn1ncc2c1CCC[C@H]2NC(=O)c1ccc(F)cc1F. The van der Waals surface area contributed by atoms with E-state index < -0.39 is 17.5 Å². The summed E-state index contributed by atoms with van der Waals surface area (Å²) in [5.41, 5.74) is 2.83. The molecule has 0 aliphatic heterocycles. The van der Waals surface area contributed by atoms with Gasteiger partial charge in [0.2, 0.25) is 0 Å². The number of halogens is 2. The summed E-state index contributed by atoms with van der Waals surface area (Å²) in [7, 11) is 1.64. The van der Waals surface area contributed by atoms with Crippen LogP contribution in [-0.4, -0.2) is 22.8 Å². The van der Waals surface area contributed by atoms with Crippen molar-refractivity contribution in [1.29, 1.82) is 0 Å². The molecule has 0 unspecified atom stereocenters. The number of ether oxygens (including phenoxy) is 1. The fourth-order valence-corrected chi connectivity index (χ4v) is 3.81. The topological polar surface area (TPSA) is 56.1 Å². The molecule has 0 radical (unpaired) electrons. The molecule has 5 nitrogen and oxygen atoms in total. The van der Waals surface area contributed by atoms with Gasteiger partial charge in [-0.25, -0.2) is 8.78 Å². The number of amides is 1. The fourth-order valence-electron chi connectivity index (χ4n) is 3.81. The van der Waals surface area contributed by atoms with Crippen LogP contribution in [0.4, 0.5) is 8.78 Å². The van der Waals surface area contributed by atoms with Gasteiger partial charge in [-0.3, -0.25) is 9.48 Å². The zero-order valence-corrected chi connectivity index (χ0v) is 16.0. The van der Waals surface area contributed by atoms with E-state index in [2.05, 4.69) is 10.4 Å². The molecule has 2 aromatic carbocycles. The Bertz CT molecular complexity index is 1050. The zero-order chi connectivity index (χ0) is 20.4. The third-order valence-corrected chi connectivity index (χ3v) is 5.26. The first-order chi connectivity index (χ1) is 14.1. The second-order valence-electron chi connectivity index (χ2n) is 7.06. The minimum absolute atomic E-state index is 0.167. The van der Waals surface area contributed by atoms with Crippen LogP contribution in [0.5, 0.6) is 5.75 Å². The average molecular weight is 397 g/mol. The molecule has 0 bridgehead atoms. The Morgan fingerprint density at radius 3 is 2.90 bits per heavy atom. The Balaban J connectivity index is 1.56. The van der Waals surface area contributed by atoms with E-state index in [4.69, 9.17) is 4.74 Å². The molecule has 0 saturated carbocycles. The number of para-hydroxylation sites is 1. The van der Waals surface area contributed by atoms with Gasteiger partial charge in [0, 0.05) is 22.9 Å². The molecule has 0 saturated heterocycles. The van der Waals surface area contributed by atoms with Crippen LogP contribution in [-0.2, 0) is 13.0 Å². The van der Waals surface area contributed by atoms with Gasteiger partial charge in [0.25, 0.3) is 5.91 Å². The van der Waals surface area contributed by atoms with Crippen LogP contribution in [0.3, 0.4) is 0 Å². The van der Waals surface area contributed by atoms with Crippen LogP contribution >= 0.6 is 0 Å². The normalized spacial score (nSPS) is 15.6. The Hall–Kier alpha value is -3.22. The van der Waals surface area contributed by atoms with Crippen LogP contribution < -0.4 is 10.1 Å². The lowest BCUT2D eigenvalue weighted by Gasteiger charge is -2.24. The molecule has 1 amide bonds. The molecule has 1 heterocycles. The molecule has 0 fully saturated rings. The van der Waals surface area contributed by atoms with E-state index in [1.54, 1.807) is 13.3 Å². The monoisotopic (exact) mass is 397 g/mol. The van der Waals surface area contributed by atoms with Crippen molar-refractivity contribution in [2.24, 2.45) is 0 Å². The van der Waals surface area contributed by atoms with Crippen molar-refractivity contribution in [3.63, 3.8) is 0 Å². The van der Waals surface area contributed by atoms with E-state index >= 15 is 0 Å². The fraction of sp³-hybridized carbons (Fsp3) is 0.273. The van der Waals surface area contributed by atoms with Crippen LogP contribution in [0.25, 0.3) is 0 Å². The lowest BCUT2D eigenvalue weighted by atomic mass is 9.92. The summed E-state index contributed by atoms with van der Waals surface area (Å²) >= 11 is 0. The van der Waals surface area contributed by atoms with E-state index in [0.29, 0.717) is 12.6 Å². The molecule has 1 aromatic heterocycles. The van der Waals surface area contributed by atoms with E-state index in [9.17, 15) is 13.6 Å². The Morgan fingerprint density at radius 2 is 2.10 bits per heavy atom. The largest absolute Gasteiger partial charge is 0.496 e. The number of nitrogens with zero attached hydrogens (tertiary/aromatic N) is 2. The van der Waals surface area contributed by atoms with Crippen LogP contribution in [0.15, 0.2) is 48.7 Å². The zero-order valence-electron chi connectivity index (χ0n) is 16.0. The van der Waals surface area contributed by atoms with Gasteiger partial charge in [-0.05, 0) is 37.5 Å². The van der Waals surface area contributed by atoms with Gasteiger partial charge < -0.3 is 10.1 Å². The third-order valence-electron chi connectivity index (χ3n) is 5.26. The van der Waals surface area contributed by atoms with E-state index in [-0.39, 0.29) is 11.6 Å². The molecule has 1 N–H and O–H groups in total. The third kappa shape index (κ3) is 3.85. The summed E-state index contributed by atoms with van der Waals surface area (Å²) in [6.45, 7) is 0.562.